The van der Waals surface area contributed by atoms with Gasteiger partial charge in [0.2, 0.25) is 10.0 Å². The van der Waals surface area contributed by atoms with Gasteiger partial charge in [-0.2, -0.15) is 9.40 Å². The van der Waals surface area contributed by atoms with Crippen LogP contribution >= 0.6 is 11.3 Å². The van der Waals surface area contributed by atoms with Crippen molar-refractivity contribution in [2.75, 3.05) is 11.9 Å². The number of hydrogen-bond donors (Lipinski definition) is 1. The number of benzene rings is 1. The van der Waals surface area contributed by atoms with Gasteiger partial charge in [0, 0.05) is 48.2 Å². The van der Waals surface area contributed by atoms with E-state index in [4.69, 9.17) is 0 Å². The molecule has 1 aliphatic heterocycles. The average molecular weight is 480 g/mol. The summed E-state index contributed by atoms with van der Waals surface area (Å²) in [6, 6.07) is 13.6. The number of fused-ring (bicyclic) bond motifs is 1. The number of thiophene rings is 1. The van der Waals surface area contributed by atoms with Gasteiger partial charge in [-0.15, -0.1) is 11.3 Å². The molecule has 0 spiro atoms. The summed E-state index contributed by atoms with van der Waals surface area (Å²) in [5, 5.41) is 9.09. The van der Waals surface area contributed by atoms with Gasteiger partial charge in [0.25, 0.3) is 5.91 Å². The molecule has 0 aliphatic carbocycles. The summed E-state index contributed by atoms with van der Waals surface area (Å²) >= 11 is 1.66. The molecule has 0 bridgehead atoms. The highest BCUT2D eigenvalue weighted by Gasteiger charge is 2.29. The third-order valence-corrected chi connectivity index (χ3v) is 8.32. The van der Waals surface area contributed by atoms with Gasteiger partial charge in [-0.25, -0.2) is 8.42 Å². The van der Waals surface area contributed by atoms with Gasteiger partial charge < -0.3 is 5.32 Å². The molecule has 1 aliphatic rings. The number of rotatable bonds is 6. The van der Waals surface area contributed by atoms with E-state index in [0.717, 1.165) is 11.1 Å². The number of nitrogens with one attached hydrogen (secondary N) is 1. The number of carbonyl (C=O) groups excluding carboxylic acids is 1. The summed E-state index contributed by atoms with van der Waals surface area (Å²) in [5.41, 5.74) is 2.29. The molecule has 0 fully saturated rings. The highest BCUT2D eigenvalue weighted by Crippen LogP contribution is 2.28. The van der Waals surface area contributed by atoms with Crippen LogP contribution in [-0.4, -0.2) is 39.9 Å². The Morgan fingerprint density at radius 3 is 2.91 bits per heavy atom. The van der Waals surface area contributed by atoms with Crippen LogP contribution in [-0.2, 0) is 29.5 Å². The van der Waals surface area contributed by atoms with Crippen LogP contribution in [0.3, 0.4) is 0 Å². The number of aromatic nitrogens is 3. The molecule has 8 nitrogen and oxygen atoms in total. The Morgan fingerprint density at radius 1 is 1.15 bits per heavy atom. The summed E-state index contributed by atoms with van der Waals surface area (Å²) in [6.45, 7) is 1.31. The Morgan fingerprint density at radius 2 is 2.06 bits per heavy atom. The topological polar surface area (TPSA) is 97.2 Å². The molecule has 4 heterocycles. The van der Waals surface area contributed by atoms with Gasteiger partial charge in [0.05, 0.1) is 11.4 Å². The summed E-state index contributed by atoms with van der Waals surface area (Å²) in [5.74, 6) is -0.0318. The maximum absolute atomic E-state index is 13.2. The lowest BCUT2D eigenvalue weighted by atomic mass is 10.1. The van der Waals surface area contributed by atoms with Crippen molar-refractivity contribution >= 4 is 33.1 Å². The van der Waals surface area contributed by atoms with Gasteiger partial charge in [-0.1, -0.05) is 12.1 Å². The Kier molecular flexibility index (Phi) is 5.79. The Labute approximate surface area is 195 Å². The fourth-order valence-corrected chi connectivity index (χ4v) is 6.11. The lowest BCUT2D eigenvalue weighted by Crippen LogP contribution is -2.35. The maximum Gasteiger partial charge on any atom is 0.256 e. The molecule has 0 saturated carbocycles. The van der Waals surface area contributed by atoms with Crippen molar-refractivity contribution in [1.82, 2.24) is 19.1 Å². The number of carbonyl (C=O) groups is 1. The predicted octanol–water partition coefficient (Wildman–Crippen LogP) is 3.39. The Bertz CT molecular complexity index is 1400. The van der Waals surface area contributed by atoms with Crippen molar-refractivity contribution in [3.8, 4) is 0 Å². The molecule has 0 unspecified atom stereocenters. The Balaban J connectivity index is 1.29. The van der Waals surface area contributed by atoms with Crippen molar-refractivity contribution in [3.05, 3.63) is 94.1 Å². The van der Waals surface area contributed by atoms with Gasteiger partial charge in [0.15, 0.2) is 5.82 Å². The summed E-state index contributed by atoms with van der Waals surface area (Å²) in [7, 11) is -3.71. The molecule has 0 atom stereocenters. The fourth-order valence-electron chi connectivity index (χ4n) is 3.76. The molecule has 3 aromatic heterocycles. The van der Waals surface area contributed by atoms with Crippen molar-refractivity contribution in [2.24, 2.45) is 0 Å². The van der Waals surface area contributed by atoms with Crippen molar-refractivity contribution < 1.29 is 13.2 Å². The largest absolute Gasteiger partial charge is 0.305 e. The molecule has 168 valence electrons. The number of amides is 1. The smallest absolute Gasteiger partial charge is 0.256 e. The molecular formula is C23H21N5O3S2. The third kappa shape index (κ3) is 4.58. The minimum Gasteiger partial charge on any atom is -0.305 e. The average Bonchev–Trinajstić information content (AvgIpc) is 3.48. The molecule has 1 aromatic carbocycles. The first-order chi connectivity index (χ1) is 16.0. The maximum atomic E-state index is 13.2. The number of pyridine rings is 1. The van der Waals surface area contributed by atoms with E-state index in [2.05, 4.69) is 15.4 Å². The molecule has 0 saturated heterocycles. The number of sulfonamides is 1. The zero-order chi connectivity index (χ0) is 22.8. The Hall–Kier alpha value is -3.34. The third-order valence-electron chi connectivity index (χ3n) is 5.46. The minimum absolute atomic E-state index is 0.107. The van der Waals surface area contributed by atoms with E-state index in [9.17, 15) is 13.2 Å². The van der Waals surface area contributed by atoms with E-state index in [1.54, 1.807) is 52.8 Å². The fraction of sp³-hybridized carbons (Fsp3) is 0.174. The zero-order valence-electron chi connectivity index (χ0n) is 17.6. The first-order valence-corrected chi connectivity index (χ1v) is 12.7. The number of nitrogens with zero attached hydrogens (tertiary/aromatic N) is 4. The van der Waals surface area contributed by atoms with E-state index in [1.807, 2.05) is 23.6 Å². The zero-order valence-corrected chi connectivity index (χ0v) is 19.2. The van der Waals surface area contributed by atoms with Gasteiger partial charge >= 0.3 is 0 Å². The number of anilines is 1. The van der Waals surface area contributed by atoms with Crippen LogP contribution in [0.25, 0.3) is 0 Å². The second kappa shape index (κ2) is 8.89. The highest BCUT2D eigenvalue weighted by atomic mass is 32.2. The first kappa shape index (κ1) is 21.5. The molecule has 1 amide bonds. The van der Waals surface area contributed by atoms with Crippen LogP contribution in [0.5, 0.6) is 0 Å². The molecule has 10 heteroatoms. The first-order valence-electron chi connectivity index (χ1n) is 10.4. The molecule has 0 radical (unpaired) electrons. The van der Waals surface area contributed by atoms with Crippen molar-refractivity contribution in [2.45, 2.75) is 24.4 Å². The molecular weight excluding hydrogens is 458 g/mol. The number of hydrogen-bond acceptors (Lipinski definition) is 6. The van der Waals surface area contributed by atoms with E-state index in [0.29, 0.717) is 31.9 Å². The van der Waals surface area contributed by atoms with Crippen molar-refractivity contribution in [1.29, 1.82) is 0 Å². The molecule has 5 rings (SSSR count). The van der Waals surface area contributed by atoms with Crippen LogP contribution in [0.15, 0.2) is 77.4 Å². The van der Waals surface area contributed by atoms with Crippen LogP contribution in [0, 0.1) is 0 Å². The van der Waals surface area contributed by atoms with E-state index in [-0.39, 0.29) is 10.5 Å². The SMILES string of the molecule is O=C(Nc1ccn(Cc2cccnc2)n1)c1cccc(S(=O)(=O)N2CCc3sccc3C2)c1. The normalized spacial score (nSPS) is 14.1. The van der Waals surface area contributed by atoms with Crippen LogP contribution in [0.4, 0.5) is 5.82 Å². The van der Waals surface area contributed by atoms with Gasteiger partial charge in [-0.3, -0.25) is 14.5 Å². The van der Waals surface area contributed by atoms with Crippen LogP contribution < -0.4 is 5.32 Å². The lowest BCUT2D eigenvalue weighted by molar-refractivity contribution is 0.102. The van der Waals surface area contributed by atoms with Crippen LogP contribution in [0.2, 0.25) is 0 Å². The second-order valence-corrected chi connectivity index (χ2v) is 10.6. The highest BCUT2D eigenvalue weighted by molar-refractivity contribution is 7.89. The van der Waals surface area contributed by atoms with Crippen LogP contribution in [0.1, 0.15) is 26.4 Å². The van der Waals surface area contributed by atoms with E-state index >= 15 is 0 Å². The monoisotopic (exact) mass is 479 g/mol. The lowest BCUT2D eigenvalue weighted by Gasteiger charge is -2.26. The summed E-state index contributed by atoms with van der Waals surface area (Å²) in [6.07, 6.45) is 5.93. The predicted molar refractivity (Wildman–Crippen MR) is 126 cm³/mol. The standard InChI is InChI=1S/C23H21N5O3S2/c29-23(25-22-7-10-27(26-22)15-17-3-2-9-24-14-17)18-4-1-5-20(13-18)33(30,31)28-11-6-21-19(16-28)8-12-32-21/h1-5,7-10,12-14H,6,11,15-16H2,(H,25,26,29). The molecule has 33 heavy (non-hydrogen) atoms. The van der Waals surface area contributed by atoms with E-state index < -0.39 is 15.9 Å². The van der Waals surface area contributed by atoms with E-state index in [1.165, 1.54) is 21.3 Å². The van der Waals surface area contributed by atoms with Crippen molar-refractivity contribution in [3.63, 3.8) is 0 Å². The van der Waals surface area contributed by atoms with Gasteiger partial charge in [0.1, 0.15) is 0 Å². The summed E-state index contributed by atoms with van der Waals surface area (Å²) in [4.78, 5) is 18.2. The second-order valence-electron chi connectivity index (χ2n) is 7.70. The van der Waals surface area contributed by atoms with Gasteiger partial charge in [-0.05, 0) is 53.3 Å². The summed E-state index contributed by atoms with van der Waals surface area (Å²) < 4.78 is 29.6. The minimum atomic E-state index is -3.71. The quantitative estimate of drug-likeness (QED) is 0.457. The molecule has 1 N–H and O–H groups in total. The molecule has 4 aromatic rings.